The van der Waals surface area contributed by atoms with Crippen molar-refractivity contribution in [3.8, 4) is 0 Å². The predicted octanol–water partition coefficient (Wildman–Crippen LogP) is 3.57. The second kappa shape index (κ2) is 7.33. The summed E-state index contributed by atoms with van der Waals surface area (Å²) >= 11 is 3.64. The molecule has 2 atom stereocenters. The number of halogens is 1. The maximum absolute atomic E-state index is 5.83. The van der Waals surface area contributed by atoms with Crippen molar-refractivity contribution in [3.05, 3.63) is 28.7 Å². The smallest absolute Gasteiger partial charge is 0.0678 e. The van der Waals surface area contributed by atoms with Crippen molar-refractivity contribution in [1.29, 1.82) is 0 Å². The van der Waals surface area contributed by atoms with Gasteiger partial charge in [0.2, 0.25) is 0 Å². The lowest BCUT2D eigenvalue weighted by Crippen LogP contribution is -2.48. The third kappa shape index (κ3) is 4.03. The number of para-hydroxylation sites is 1. The Morgan fingerprint density at radius 2 is 1.91 bits per heavy atom. The van der Waals surface area contributed by atoms with Crippen molar-refractivity contribution in [2.45, 2.75) is 38.9 Å². The van der Waals surface area contributed by atoms with Gasteiger partial charge in [0.05, 0.1) is 17.9 Å². The Balaban J connectivity index is 1.51. The Kier molecular flexibility index (Phi) is 5.42. The van der Waals surface area contributed by atoms with Crippen molar-refractivity contribution in [2.75, 3.05) is 37.6 Å². The molecule has 0 spiro atoms. The van der Waals surface area contributed by atoms with Gasteiger partial charge in [0.15, 0.2) is 0 Å². The summed E-state index contributed by atoms with van der Waals surface area (Å²) in [6.45, 7) is 10.1. The van der Waals surface area contributed by atoms with Gasteiger partial charge in [0.25, 0.3) is 0 Å². The molecule has 1 radical (unpaired) electrons. The van der Waals surface area contributed by atoms with Gasteiger partial charge >= 0.3 is 0 Å². The molecule has 121 valence electrons. The van der Waals surface area contributed by atoms with E-state index in [2.05, 4.69) is 51.7 Å². The molecule has 3 nitrogen and oxygen atoms in total. The number of ether oxygens (including phenoxy) is 1. The lowest BCUT2D eigenvalue weighted by Gasteiger charge is -2.40. The molecule has 2 aliphatic heterocycles. The van der Waals surface area contributed by atoms with Gasteiger partial charge in [0, 0.05) is 43.3 Å². The van der Waals surface area contributed by atoms with Gasteiger partial charge in [-0.05, 0) is 54.6 Å². The Morgan fingerprint density at radius 1 is 1.23 bits per heavy atom. The molecule has 2 aliphatic rings. The normalized spacial score (nSPS) is 28.0. The molecule has 0 aromatic heterocycles. The van der Waals surface area contributed by atoms with Crippen LogP contribution in [0.5, 0.6) is 0 Å². The van der Waals surface area contributed by atoms with E-state index >= 15 is 0 Å². The minimum Gasteiger partial charge on any atom is -0.373 e. The topological polar surface area (TPSA) is 15.7 Å². The molecule has 0 bridgehead atoms. The molecule has 3 rings (SSSR count). The summed E-state index contributed by atoms with van der Waals surface area (Å²) in [5.74, 6) is 0.816. The van der Waals surface area contributed by atoms with Crippen LogP contribution >= 0.6 is 15.9 Å². The molecule has 2 fully saturated rings. The number of piperidine rings is 1. The molecule has 4 heteroatoms. The summed E-state index contributed by atoms with van der Waals surface area (Å²) in [6, 6.07) is 9.50. The van der Waals surface area contributed by atoms with Crippen molar-refractivity contribution in [1.82, 2.24) is 4.90 Å². The summed E-state index contributed by atoms with van der Waals surface area (Å²) in [5, 5.41) is 0. The van der Waals surface area contributed by atoms with Gasteiger partial charge < -0.3 is 9.64 Å². The summed E-state index contributed by atoms with van der Waals surface area (Å²) < 4.78 is 6.99. The number of nitrogens with zero attached hydrogens (tertiary/aromatic N) is 2. The van der Waals surface area contributed by atoms with E-state index in [-0.39, 0.29) is 0 Å². The molecule has 2 saturated heterocycles. The average Bonchev–Trinajstić information content (AvgIpc) is 2.48. The Labute approximate surface area is 142 Å². The van der Waals surface area contributed by atoms with Crippen LogP contribution in [0.15, 0.2) is 22.7 Å². The van der Waals surface area contributed by atoms with Crippen LogP contribution in [0.25, 0.3) is 0 Å². The molecule has 0 amide bonds. The quantitative estimate of drug-likeness (QED) is 0.813. The summed E-state index contributed by atoms with van der Waals surface area (Å²) in [4.78, 5) is 5.06. The van der Waals surface area contributed by atoms with Crippen LogP contribution in [-0.2, 0) is 4.74 Å². The molecule has 2 unspecified atom stereocenters. The van der Waals surface area contributed by atoms with E-state index in [1.807, 2.05) is 12.1 Å². The maximum atomic E-state index is 5.83. The zero-order valence-corrected chi connectivity index (χ0v) is 15.2. The minimum atomic E-state index is 0.374. The molecule has 22 heavy (non-hydrogen) atoms. The molecular formula is C18H26BrN2O. The molecule has 0 aliphatic carbocycles. The fourth-order valence-electron chi connectivity index (χ4n) is 3.79. The third-order valence-corrected chi connectivity index (χ3v) is 5.37. The Hall–Kier alpha value is -0.580. The van der Waals surface area contributed by atoms with Gasteiger partial charge in [-0.1, -0.05) is 12.1 Å². The van der Waals surface area contributed by atoms with Crippen LogP contribution < -0.4 is 4.90 Å². The van der Waals surface area contributed by atoms with E-state index in [0.717, 1.165) is 36.6 Å². The number of benzene rings is 1. The third-order valence-electron chi connectivity index (χ3n) is 4.73. The van der Waals surface area contributed by atoms with Gasteiger partial charge in [-0.3, -0.25) is 4.90 Å². The zero-order chi connectivity index (χ0) is 15.5. The molecule has 1 aromatic rings. The van der Waals surface area contributed by atoms with Crippen molar-refractivity contribution in [2.24, 2.45) is 5.92 Å². The fourth-order valence-corrected chi connectivity index (χ4v) is 4.31. The van der Waals surface area contributed by atoms with Gasteiger partial charge in [-0.25, -0.2) is 0 Å². The standard InChI is InChI=1S/C18H26BrN2O/c1-14-11-20(12-15(2)22-14)13-16-7-9-21(10-8-16)18-6-4-3-5-17(18)19/h3-5,14-16H,7-13H2,1-2H3. The van der Waals surface area contributed by atoms with E-state index in [1.165, 1.54) is 25.1 Å². The number of hydrogen-bond acceptors (Lipinski definition) is 3. The lowest BCUT2D eigenvalue weighted by atomic mass is 9.95. The molecular weight excluding hydrogens is 340 g/mol. The fraction of sp³-hybridized carbons (Fsp3) is 0.667. The highest BCUT2D eigenvalue weighted by Crippen LogP contribution is 2.29. The SMILES string of the molecule is CC1CN(CC2CCN(c3[c]cccc3Br)CC2)CC(C)O1. The van der Waals surface area contributed by atoms with Crippen LogP contribution in [0.3, 0.4) is 0 Å². The van der Waals surface area contributed by atoms with Gasteiger partial charge in [-0.2, -0.15) is 0 Å². The predicted molar refractivity (Wildman–Crippen MR) is 94.4 cm³/mol. The monoisotopic (exact) mass is 365 g/mol. The first-order chi connectivity index (χ1) is 10.6. The van der Waals surface area contributed by atoms with E-state index in [4.69, 9.17) is 4.74 Å². The summed E-state index contributed by atoms with van der Waals surface area (Å²) in [6.07, 6.45) is 3.29. The number of morpholine rings is 1. The van der Waals surface area contributed by atoms with Crippen LogP contribution in [0.1, 0.15) is 26.7 Å². The second-order valence-corrected chi connectivity index (χ2v) is 7.63. The van der Waals surface area contributed by atoms with Crippen LogP contribution in [-0.4, -0.2) is 49.8 Å². The first-order valence-corrected chi connectivity index (χ1v) is 9.20. The minimum absolute atomic E-state index is 0.374. The molecule has 0 saturated carbocycles. The first kappa shape index (κ1) is 16.3. The second-order valence-electron chi connectivity index (χ2n) is 6.77. The highest BCUT2D eigenvalue weighted by molar-refractivity contribution is 9.10. The van der Waals surface area contributed by atoms with E-state index in [9.17, 15) is 0 Å². The summed E-state index contributed by atoms with van der Waals surface area (Å²) in [5.41, 5.74) is 1.22. The number of rotatable bonds is 3. The molecule has 1 aromatic carbocycles. The van der Waals surface area contributed by atoms with Crippen LogP contribution in [0, 0.1) is 12.0 Å². The number of hydrogen-bond donors (Lipinski definition) is 0. The van der Waals surface area contributed by atoms with Gasteiger partial charge in [0.1, 0.15) is 0 Å². The largest absolute Gasteiger partial charge is 0.373 e. The average molecular weight is 366 g/mol. The Bertz CT molecular complexity index is 478. The first-order valence-electron chi connectivity index (χ1n) is 8.41. The van der Waals surface area contributed by atoms with Crippen molar-refractivity contribution >= 4 is 21.6 Å². The maximum Gasteiger partial charge on any atom is 0.0678 e. The highest BCUT2D eigenvalue weighted by Gasteiger charge is 2.27. The van der Waals surface area contributed by atoms with E-state index in [0.29, 0.717) is 12.2 Å². The highest BCUT2D eigenvalue weighted by atomic mass is 79.9. The summed E-state index contributed by atoms with van der Waals surface area (Å²) in [7, 11) is 0. The lowest BCUT2D eigenvalue weighted by molar-refractivity contribution is -0.0720. The van der Waals surface area contributed by atoms with E-state index in [1.54, 1.807) is 0 Å². The molecule has 0 N–H and O–H groups in total. The van der Waals surface area contributed by atoms with Crippen molar-refractivity contribution < 1.29 is 4.74 Å². The number of anilines is 1. The van der Waals surface area contributed by atoms with Crippen LogP contribution in [0.2, 0.25) is 0 Å². The van der Waals surface area contributed by atoms with Crippen molar-refractivity contribution in [3.63, 3.8) is 0 Å². The van der Waals surface area contributed by atoms with E-state index < -0.39 is 0 Å². The zero-order valence-electron chi connectivity index (χ0n) is 13.6. The Morgan fingerprint density at radius 3 is 2.55 bits per heavy atom. The molecule has 2 heterocycles. The van der Waals surface area contributed by atoms with Crippen LogP contribution in [0.4, 0.5) is 5.69 Å². The van der Waals surface area contributed by atoms with Gasteiger partial charge in [-0.15, -0.1) is 0 Å².